The molecule has 3 rings (SSSR count). The molecule has 0 unspecified atom stereocenters. The molecule has 148 valence electrons. The van der Waals surface area contributed by atoms with Gasteiger partial charge >= 0.3 is 11.8 Å². The summed E-state index contributed by atoms with van der Waals surface area (Å²) in [6.07, 6.45) is 1.45. The minimum absolute atomic E-state index is 0.206. The van der Waals surface area contributed by atoms with Crippen molar-refractivity contribution in [1.82, 2.24) is 9.80 Å². The standard InChI is InChI=1S/C21H25N3O4/c1-14(2)16-7-4-6-15(3)18(16)22-19(25)21(27)24-11-9-23(10-12-24)20(26)17-8-5-13-28-17/h4-8,13-14H,9-12H2,1-3H3,(H,22,25). The van der Waals surface area contributed by atoms with E-state index in [1.807, 2.05) is 39.0 Å². The second-order valence-corrected chi connectivity index (χ2v) is 7.21. The fraction of sp³-hybridized carbons (Fsp3) is 0.381. The lowest BCUT2D eigenvalue weighted by Crippen LogP contribution is -2.53. The van der Waals surface area contributed by atoms with Crippen LogP contribution in [0.2, 0.25) is 0 Å². The Morgan fingerprint density at radius 1 is 1.00 bits per heavy atom. The summed E-state index contributed by atoms with van der Waals surface area (Å²) in [6, 6.07) is 9.08. The second kappa shape index (κ2) is 8.29. The smallest absolute Gasteiger partial charge is 0.313 e. The van der Waals surface area contributed by atoms with Crippen LogP contribution in [-0.2, 0) is 9.59 Å². The van der Waals surface area contributed by atoms with E-state index in [4.69, 9.17) is 4.42 Å². The fourth-order valence-electron chi connectivity index (χ4n) is 3.32. The Hall–Kier alpha value is -3.09. The lowest BCUT2D eigenvalue weighted by atomic mass is 9.98. The van der Waals surface area contributed by atoms with Crippen molar-refractivity contribution in [1.29, 1.82) is 0 Å². The number of carbonyl (C=O) groups is 3. The highest BCUT2D eigenvalue weighted by Gasteiger charge is 2.29. The molecule has 0 aliphatic carbocycles. The molecule has 1 aromatic heterocycles. The number of benzene rings is 1. The predicted octanol–water partition coefficient (Wildman–Crippen LogP) is 2.63. The lowest BCUT2D eigenvalue weighted by Gasteiger charge is -2.34. The number of furan rings is 1. The predicted molar refractivity (Wildman–Crippen MR) is 105 cm³/mol. The Morgan fingerprint density at radius 2 is 1.68 bits per heavy atom. The number of hydrogen-bond acceptors (Lipinski definition) is 4. The van der Waals surface area contributed by atoms with E-state index in [1.165, 1.54) is 11.2 Å². The van der Waals surface area contributed by atoms with Crippen LogP contribution in [0, 0.1) is 6.92 Å². The average molecular weight is 383 g/mol. The van der Waals surface area contributed by atoms with Gasteiger partial charge in [0.15, 0.2) is 5.76 Å². The highest BCUT2D eigenvalue weighted by atomic mass is 16.3. The molecule has 0 atom stereocenters. The summed E-state index contributed by atoms with van der Waals surface area (Å²) in [5.74, 6) is -0.937. The third-order valence-corrected chi connectivity index (χ3v) is 4.95. The molecule has 7 heteroatoms. The number of amides is 3. The first-order chi connectivity index (χ1) is 13.4. The maximum Gasteiger partial charge on any atom is 0.313 e. The van der Waals surface area contributed by atoms with Crippen LogP contribution in [0.1, 0.15) is 41.4 Å². The van der Waals surface area contributed by atoms with Crippen molar-refractivity contribution in [3.05, 3.63) is 53.5 Å². The number of nitrogens with zero attached hydrogens (tertiary/aromatic N) is 2. The number of carbonyl (C=O) groups excluding carboxylic acids is 3. The van der Waals surface area contributed by atoms with Crippen molar-refractivity contribution in [3.8, 4) is 0 Å². The normalized spacial score (nSPS) is 14.3. The van der Waals surface area contributed by atoms with Crippen molar-refractivity contribution in [2.45, 2.75) is 26.7 Å². The van der Waals surface area contributed by atoms with Crippen molar-refractivity contribution < 1.29 is 18.8 Å². The van der Waals surface area contributed by atoms with Gasteiger partial charge in [-0.1, -0.05) is 32.0 Å². The molecule has 1 saturated heterocycles. The van der Waals surface area contributed by atoms with Gasteiger partial charge in [0.05, 0.1) is 6.26 Å². The van der Waals surface area contributed by atoms with Crippen LogP contribution in [-0.4, -0.2) is 53.7 Å². The molecule has 1 aliphatic rings. The molecule has 1 N–H and O–H groups in total. The van der Waals surface area contributed by atoms with E-state index in [-0.39, 0.29) is 17.6 Å². The van der Waals surface area contributed by atoms with Crippen LogP contribution >= 0.6 is 0 Å². The first-order valence-corrected chi connectivity index (χ1v) is 9.41. The molecule has 1 aliphatic heterocycles. The summed E-state index contributed by atoms with van der Waals surface area (Å²) in [4.78, 5) is 40.5. The van der Waals surface area contributed by atoms with E-state index in [0.29, 0.717) is 31.9 Å². The van der Waals surface area contributed by atoms with Crippen LogP contribution < -0.4 is 5.32 Å². The van der Waals surface area contributed by atoms with Crippen molar-refractivity contribution >= 4 is 23.4 Å². The zero-order chi connectivity index (χ0) is 20.3. The molecule has 0 saturated carbocycles. The van der Waals surface area contributed by atoms with E-state index in [0.717, 1.165) is 11.1 Å². The highest BCUT2D eigenvalue weighted by molar-refractivity contribution is 6.39. The molecule has 2 aromatic rings. The number of hydrogen-bond donors (Lipinski definition) is 1. The molecule has 1 fully saturated rings. The SMILES string of the molecule is Cc1cccc(C(C)C)c1NC(=O)C(=O)N1CCN(C(=O)c2ccco2)CC1. The van der Waals surface area contributed by atoms with Crippen LogP contribution in [0.25, 0.3) is 0 Å². The second-order valence-electron chi connectivity index (χ2n) is 7.21. The van der Waals surface area contributed by atoms with Gasteiger partial charge in [0.1, 0.15) is 0 Å². The molecule has 0 spiro atoms. The maximum absolute atomic E-state index is 12.6. The topological polar surface area (TPSA) is 82.9 Å². The van der Waals surface area contributed by atoms with Crippen molar-refractivity contribution in [3.63, 3.8) is 0 Å². The van der Waals surface area contributed by atoms with Crippen molar-refractivity contribution in [2.75, 3.05) is 31.5 Å². The van der Waals surface area contributed by atoms with E-state index in [2.05, 4.69) is 5.32 Å². The van der Waals surface area contributed by atoms with Crippen LogP contribution in [0.5, 0.6) is 0 Å². The first kappa shape index (κ1) is 19.7. The maximum atomic E-state index is 12.6. The molecular weight excluding hydrogens is 358 g/mol. The van der Waals surface area contributed by atoms with E-state index < -0.39 is 11.8 Å². The van der Waals surface area contributed by atoms with Crippen LogP contribution in [0.3, 0.4) is 0 Å². The monoisotopic (exact) mass is 383 g/mol. The van der Waals surface area contributed by atoms with Gasteiger partial charge < -0.3 is 19.5 Å². The van der Waals surface area contributed by atoms with Crippen molar-refractivity contribution in [2.24, 2.45) is 0 Å². The Morgan fingerprint density at radius 3 is 2.29 bits per heavy atom. The van der Waals surface area contributed by atoms with E-state index in [1.54, 1.807) is 17.0 Å². The van der Waals surface area contributed by atoms with Crippen LogP contribution in [0.15, 0.2) is 41.0 Å². The molecule has 28 heavy (non-hydrogen) atoms. The Bertz CT molecular complexity index is 866. The lowest BCUT2D eigenvalue weighted by molar-refractivity contribution is -0.144. The first-order valence-electron chi connectivity index (χ1n) is 9.41. The highest BCUT2D eigenvalue weighted by Crippen LogP contribution is 2.27. The average Bonchev–Trinajstić information content (AvgIpc) is 3.23. The van der Waals surface area contributed by atoms with Gasteiger partial charge in [-0.15, -0.1) is 0 Å². The number of piperazine rings is 1. The number of para-hydroxylation sites is 1. The number of nitrogens with one attached hydrogen (secondary N) is 1. The number of anilines is 1. The summed E-state index contributed by atoms with van der Waals surface area (Å²) in [5.41, 5.74) is 2.61. The van der Waals surface area contributed by atoms with Gasteiger partial charge in [0, 0.05) is 31.9 Å². The minimum atomic E-state index is -0.651. The van der Waals surface area contributed by atoms with Gasteiger partial charge in [-0.3, -0.25) is 14.4 Å². The molecular formula is C21H25N3O4. The Balaban J connectivity index is 1.61. The van der Waals surface area contributed by atoms with Crippen LogP contribution in [0.4, 0.5) is 5.69 Å². The third kappa shape index (κ3) is 4.08. The molecule has 7 nitrogen and oxygen atoms in total. The molecule has 0 radical (unpaired) electrons. The summed E-state index contributed by atoms with van der Waals surface area (Å²) in [5, 5.41) is 2.79. The summed E-state index contributed by atoms with van der Waals surface area (Å²) in [7, 11) is 0. The van der Waals surface area contributed by atoms with E-state index in [9.17, 15) is 14.4 Å². The zero-order valence-corrected chi connectivity index (χ0v) is 16.4. The number of aryl methyl sites for hydroxylation is 1. The van der Waals surface area contributed by atoms with Gasteiger partial charge in [0.25, 0.3) is 5.91 Å². The van der Waals surface area contributed by atoms with E-state index >= 15 is 0 Å². The molecule has 2 heterocycles. The van der Waals surface area contributed by atoms with Gasteiger partial charge in [-0.2, -0.15) is 0 Å². The Labute approximate surface area is 164 Å². The fourth-order valence-corrected chi connectivity index (χ4v) is 3.32. The molecule has 0 bridgehead atoms. The largest absolute Gasteiger partial charge is 0.459 e. The van der Waals surface area contributed by atoms with Gasteiger partial charge in [-0.25, -0.2) is 0 Å². The number of rotatable bonds is 3. The third-order valence-electron chi connectivity index (χ3n) is 4.95. The molecule has 1 aromatic carbocycles. The zero-order valence-electron chi connectivity index (χ0n) is 16.4. The quantitative estimate of drug-likeness (QED) is 0.826. The summed E-state index contributed by atoms with van der Waals surface area (Å²) < 4.78 is 5.13. The molecule has 3 amide bonds. The Kier molecular flexibility index (Phi) is 5.82. The van der Waals surface area contributed by atoms with Gasteiger partial charge in [-0.05, 0) is 36.1 Å². The summed E-state index contributed by atoms with van der Waals surface area (Å²) in [6.45, 7) is 7.33. The summed E-state index contributed by atoms with van der Waals surface area (Å²) >= 11 is 0. The minimum Gasteiger partial charge on any atom is -0.459 e. The van der Waals surface area contributed by atoms with Gasteiger partial charge in [0.2, 0.25) is 0 Å².